The fourth-order valence-corrected chi connectivity index (χ4v) is 2.46. The van der Waals surface area contributed by atoms with Gasteiger partial charge in [0, 0.05) is 22.2 Å². The summed E-state index contributed by atoms with van der Waals surface area (Å²) in [5.74, 6) is 0.620. The van der Waals surface area contributed by atoms with E-state index in [9.17, 15) is 0 Å². The van der Waals surface area contributed by atoms with E-state index in [2.05, 4.69) is 26.2 Å². The van der Waals surface area contributed by atoms with Crippen LogP contribution >= 0.6 is 27.5 Å². The Morgan fingerprint density at radius 3 is 2.95 bits per heavy atom. The summed E-state index contributed by atoms with van der Waals surface area (Å²) in [6, 6.07) is 9.56. The molecule has 0 aliphatic heterocycles. The van der Waals surface area contributed by atoms with Gasteiger partial charge in [-0.1, -0.05) is 33.6 Å². The van der Waals surface area contributed by atoms with Crippen LogP contribution in [0.15, 0.2) is 41.0 Å². The van der Waals surface area contributed by atoms with Crippen molar-refractivity contribution in [3.8, 4) is 5.88 Å². The fraction of sp³-hybridized carbons (Fsp3) is 0.214. The molecule has 0 saturated carbocycles. The molecule has 3 nitrogen and oxygen atoms in total. The van der Waals surface area contributed by atoms with E-state index in [1.165, 1.54) is 0 Å². The standard InChI is InChI=1S/C14H14BrClN2O/c1-2-19-14-13(4-3-7-17-14)18-9-10-5-6-11(16)8-12(10)15/h3-8,18H,2,9H2,1H3. The van der Waals surface area contributed by atoms with E-state index in [-0.39, 0.29) is 0 Å². The Labute approximate surface area is 126 Å². The number of ether oxygens (including phenoxy) is 1. The Morgan fingerprint density at radius 2 is 2.21 bits per heavy atom. The molecule has 1 N–H and O–H groups in total. The van der Waals surface area contributed by atoms with Gasteiger partial charge < -0.3 is 10.1 Å². The molecule has 2 aromatic rings. The Hall–Kier alpha value is -1.26. The van der Waals surface area contributed by atoms with Gasteiger partial charge in [-0.15, -0.1) is 0 Å². The third kappa shape index (κ3) is 3.85. The first-order chi connectivity index (χ1) is 9.20. The van der Waals surface area contributed by atoms with Crippen molar-refractivity contribution < 1.29 is 4.74 Å². The highest BCUT2D eigenvalue weighted by atomic mass is 79.9. The van der Waals surface area contributed by atoms with E-state index < -0.39 is 0 Å². The van der Waals surface area contributed by atoms with Crippen molar-refractivity contribution in [3.63, 3.8) is 0 Å². The normalized spacial score (nSPS) is 10.3. The molecule has 0 atom stereocenters. The van der Waals surface area contributed by atoms with Crippen LogP contribution in [0.5, 0.6) is 5.88 Å². The minimum Gasteiger partial charge on any atom is -0.476 e. The molecule has 19 heavy (non-hydrogen) atoms. The zero-order valence-corrected chi connectivity index (χ0v) is 12.8. The number of pyridine rings is 1. The lowest BCUT2D eigenvalue weighted by atomic mass is 10.2. The van der Waals surface area contributed by atoms with Crippen LogP contribution < -0.4 is 10.1 Å². The first-order valence-electron chi connectivity index (χ1n) is 5.96. The largest absolute Gasteiger partial charge is 0.476 e. The second-order valence-electron chi connectivity index (χ2n) is 3.88. The van der Waals surface area contributed by atoms with Gasteiger partial charge in [0.1, 0.15) is 0 Å². The van der Waals surface area contributed by atoms with Gasteiger partial charge >= 0.3 is 0 Å². The molecule has 0 aliphatic rings. The highest BCUT2D eigenvalue weighted by molar-refractivity contribution is 9.10. The van der Waals surface area contributed by atoms with E-state index in [0.29, 0.717) is 24.1 Å². The predicted octanol–water partition coefficient (Wildman–Crippen LogP) is 4.51. The second kappa shape index (κ2) is 6.78. The van der Waals surface area contributed by atoms with Crippen molar-refractivity contribution in [2.24, 2.45) is 0 Å². The fourth-order valence-electron chi connectivity index (χ4n) is 1.63. The van der Waals surface area contributed by atoms with Crippen LogP contribution in [0.2, 0.25) is 5.02 Å². The molecule has 0 unspecified atom stereocenters. The second-order valence-corrected chi connectivity index (χ2v) is 5.17. The van der Waals surface area contributed by atoms with E-state index in [1.807, 2.05) is 37.3 Å². The molecule has 1 aromatic heterocycles. The van der Waals surface area contributed by atoms with Crippen LogP contribution in [0.25, 0.3) is 0 Å². The lowest BCUT2D eigenvalue weighted by Crippen LogP contribution is -2.04. The van der Waals surface area contributed by atoms with Crippen LogP contribution in [-0.4, -0.2) is 11.6 Å². The molecule has 0 spiro atoms. The maximum Gasteiger partial charge on any atom is 0.237 e. The number of hydrogen-bond acceptors (Lipinski definition) is 3. The first kappa shape index (κ1) is 14.2. The number of nitrogens with one attached hydrogen (secondary N) is 1. The summed E-state index contributed by atoms with van der Waals surface area (Å²) in [7, 11) is 0. The SMILES string of the molecule is CCOc1ncccc1NCc1ccc(Cl)cc1Br. The molecule has 0 saturated heterocycles. The van der Waals surface area contributed by atoms with E-state index >= 15 is 0 Å². The highest BCUT2D eigenvalue weighted by Gasteiger charge is 2.05. The maximum absolute atomic E-state index is 5.92. The van der Waals surface area contributed by atoms with Gasteiger partial charge in [0.15, 0.2) is 0 Å². The predicted molar refractivity (Wildman–Crippen MR) is 81.9 cm³/mol. The lowest BCUT2D eigenvalue weighted by Gasteiger charge is -2.12. The van der Waals surface area contributed by atoms with Gasteiger partial charge in [0.05, 0.1) is 12.3 Å². The monoisotopic (exact) mass is 340 g/mol. The summed E-state index contributed by atoms with van der Waals surface area (Å²) in [6.07, 6.45) is 1.72. The van der Waals surface area contributed by atoms with Crippen molar-refractivity contribution in [2.45, 2.75) is 13.5 Å². The summed E-state index contributed by atoms with van der Waals surface area (Å²) in [5, 5.41) is 4.03. The minimum absolute atomic E-state index is 0.594. The molecule has 1 heterocycles. The van der Waals surface area contributed by atoms with Crippen LogP contribution in [0.1, 0.15) is 12.5 Å². The van der Waals surface area contributed by atoms with Crippen molar-refractivity contribution in [2.75, 3.05) is 11.9 Å². The molecule has 0 aliphatic carbocycles. The molecule has 1 aromatic carbocycles. The van der Waals surface area contributed by atoms with E-state index in [0.717, 1.165) is 15.7 Å². The van der Waals surface area contributed by atoms with E-state index in [4.69, 9.17) is 16.3 Å². The van der Waals surface area contributed by atoms with Crippen LogP contribution in [0.3, 0.4) is 0 Å². The number of anilines is 1. The molecule has 100 valence electrons. The van der Waals surface area contributed by atoms with Crippen molar-refractivity contribution in [3.05, 3.63) is 51.6 Å². The van der Waals surface area contributed by atoms with Crippen LogP contribution in [-0.2, 0) is 6.54 Å². The average Bonchev–Trinajstić information content (AvgIpc) is 2.40. The molecule has 2 rings (SSSR count). The van der Waals surface area contributed by atoms with E-state index in [1.54, 1.807) is 6.20 Å². The van der Waals surface area contributed by atoms with Gasteiger partial charge in [-0.05, 0) is 36.8 Å². The Balaban J connectivity index is 2.10. The van der Waals surface area contributed by atoms with Gasteiger partial charge in [-0.3, -0.25) is 0 Å². The molecular formula is C14H14BrClN2O. The lowest BCUT2D eigenvalue weighted by molar-refractivity contribution is 0.328. The number of hydrogen-bond donors (Lipinski definition) is 1. The number of benzene rings is 1. The highest BCUT2D eigenvalue weighted by Crippen LogP contribution is 2.25. The van der Waals surface area contributed by atoms with Crippen molar-refractivity contribution in [1.29, 1.82) is 0 Å². The quantitative estimate of drug-likeness (QED) is 0.869. The number of aromatic nitrogens is 1. The minimum atomic E-state index is 0.594. The number of rotatable bonds is 5. The summed E-state index contributed by atoms with van der Waals surface area (Å²) in [5.41, 5.74) is 2.00. The smallest absolute Gasteiger partial charge is 0.237 e. The first-order valence-corrected chi connectivity index (χ1v) is 7.13. The van der Waals surface area contributed by atoms with Gasteiger partial charge in [0.25, 0.3) is 0 Å². The topological polar surface area (TPSA) is 34.1 Å². The third-order valence-corrected chi connectivity index (χ3v) is 3.51. The molecular weight excluding hydrogens is 328 g/mol. The zero-order chi connectivity index (χ0) is 13.7. The van der Waals surface area contributed by atoms with Crippen molar-refractivity contribution in [1.82, 2.24) is 4.98 Å². The Morgan fingerprint density at radius 1 is 1.37 bits per heavy atom. The number of nitrogens with zero attached hydrogens (tertiary/aromatic N) is 1. The Kier molecular flexibility index (Phi) is 5.05. The maximum atomic E-state index is 5.92. The summed E-state index contributed by atoms with van der Waals surface area (Å²) in [4.78, 5) is 4.20. The van der Waals surface area contributed by atoms with Gasteiger partial charge in [0.2, 0.25) is 5.88 Å². The summed E-state index contributed by atoms with van der Waals surface area (Å²) < 4.78 is 6.45. The number of halogens is 2. The zero-order valence-electron chi connectivity index (χ0n) is 10.5. The van der Waals surface area contributed by atoms with Gasteiger partial charge in [-0.2, -0.15) is 0 Å². The van der Waals surface area contributed by atoms with Crippen LogP contribution in [0.4, 0.5) is 5.69 Å². The van der Waals surface area contributed by atoms with Crippen molar-refractivity contribution >= 4 is 33.2 Å². The summed E-state index contributed by atoms with van der Waals surface area (Å²) in [6.45, 7) is 3.20. The molecule has 0 bridgehead atoms. The molecule has 5 heteroatoms. The average molecular weight is 342 g/mol. The Bertz CT molecular complexity index is 563. The molecule has 0 radical (unpaired) electrons. The molecule has 0 amide bonds. The third-order valence-electron chi connectivity index (χ3n) is 2.54. The van der Waals surface area contributed by atoms with Crippen LogP contribution in [0, 0.1) is 0 Å². The molecule has 0 fully saturated rings. The van der Waals surface area contributed by atoms with Gasteiger partial charge in [-0.25, -0.2) is 4.98 Å². The summed E-state index contributed by atoms with van der Waals surface area (Å²) >= 11 is 9.42.